The van der Waals surface area contributed by atoms with Crippen molar-refractivity contribution in [2.75, 3.05) is 18.4 Å². The Morgan fingerprint density at radius 2 is 2.13 bits per heavy atom. The third-order valence-electron chi connectivity index (χ3n) is 3.95. The van der Waals surface area contributed by atoms with Crippen molar-refractivity contribution in [3.05, 3.63) is 26.6 Å². The van der Waals surface area contributed by atoms with E-state index in [9.17, 15) is 13.2 Å². The largest absolute Gasteiger partial charge is 0.380 e. The Kier molecular flexibility index (Phi) is 5.60. The Morgan fingerprint density at radius 3 is 2.83 bits per heavy atom. The standard InChI is InChI=1S/C15H15ClF3IN2S/c16-8-6-21-5-4-9(8)22-10-3-1-2-7-11(12(17)14(18)19)15(20)23-13(7)10/h1-3,8-9,12,14,21-22H,4-6H2. The summed E-state index contributed by atoms with van der Waals surface area (Å²) < 4.78 is 40.9. The average Bonchev–Trinajstić information content (AvgIpc) is 2.85. The van der Waals surface area contributed by atoms with E-state index in [-0.39, 0.29) is 17.0 Å². The maximum atomic E-state index is 13.9. The molecule has 0 amide bonds. The Hall–Kier alpha value is -0.250. The summed E-state index contributed by atoms with van der Waals surface area (Å²) in [4.78, 5) is 0. The van der Waals surface area contributed by atoms with Crippen LogP contribution in [-0.4, -0.2) is 30.9 Å². The van der Waals surface area contributed by atoms with Gasteiger partial charge in [-0.1, -0.05) is 12.1 Å². The van der Waals surface area contributed by atoms with Gasteiger partial charge in [0.05, 0.1) is 18.6 Å². The highest BCUT2D eigenvalue weighted by Gasteiger charge is 2.29. The van der Waals surface area contributed by atoms with Crippen LogP contribution in [0.25, 0.3) is 10.1 Å². The molecule has 1 aromatic carbocycles. The second-order valence-electron chi connectivity index (χ2n) is 5.47. The van der Waals surface area contributed by atoms with E-state index in [4.69, 9.17) is 11.6 Å². The zero-order valence-electron chi connectivity index (χ0n) is 12.0. The molecule has 0 bridgehead atoms. The second kappa shape index (κ2) is 7.33. The zero-order chi connectivity index (χ0) is 16.6. The molecule has 1 aliphatic heterocycles. The van der Waals surface area contributed by atoms with E-state index in [1.165, 1.54) is 11.3 Å². The highest BCUT2D eigenvalue weighted by Crippen LogP contribution is 2.43. The fraction of sp³-hybridized carbons (Fsp3) is 0.467. The molecule has 2 nitrogen and oxygen atoms in total. The highest BCUT2D eigenvalue weighted by molar-refractivity contribution is 14.1. The number of fused-ring (bicyclic) bond motifs is 1. The predicted molar refractivity (Wildman–Crippen MR) is 98.9 cm³/mol. The van der Waals surface area contributed by atoms with E-state index in [2.05, 4.69) is 10.6 Å². The summed E-state index contributed by atoms with van der Waals surface area (Å²) in [5.74, 6) is 0. The van der Waals surface area contributed by atoms with Crippen LogP contribution in [0.4, 0.5) is 18.9 Å². The lowest BCUT2D eigenvalue weighted by atomic mass is 10.0. The second-order valence-corrected chi connectivity index (χ2v) is 8.86. The smallest absolute Gasteiger partial charge is 0.273 e. The number of hydrogen-bond donors (Lipinski definition) is 2. The van der Waals surface area contributed by atoms with Crippen molar-refractivity contribution in [1.82, 2.24) is 5.32 Å². The van der Waals surface area contributed by atoms with Gasteiger partial charge >= 0.3 is 0 Å². The van der Waals surface area contributed by atoms with Crippen LogP contribution in [0, 0.1) is 2.88 Å². The van der Waals surface area contributed by atoms with Crippen LogP contribution in [0.5, 0.6) is 0 Å². The van der Waals surface area contributed by atoms with Crippen molar-refractivity contribution in [3.8, 4) is 0 Å². The number of piperidine rings is 1. The molecule has 0 spiro atoms. The molecule has 1 saturated heterocycles. The predicted octanol–water partition coefficient (Wildman–Crippen LogP) is 5.16. The van der Waals surface area contributed by atoms with Crippen molar-refractivity contribution in [2.24, 2.45) is 0 Å². The van der Waals surface area contributed by atoms with E-state index in [1.807, 2.05) is 28.7 Å². The van der Waals surface area contributed by atoms with Crippen LogP contribution in [0.15, 0.2) is 18.2 Å². The topological polar surface area (TPSA) is 24.1 Å². The highest BCUT2D eigenvalue weighted by atomic mass is 127. The normalized spacial score (nSPS) is 23.4. The van der Waals surface area contributed by atoms with Crippen LogP contribution < -0.4 is 10.6 Å². The van der Waals surface area contributed by atoms with Gasteiger partial charge in [-0.3, -0.25) is 0 Å². The molecular weight excluding hydrogens is 460 g/mol. The molecule has 2 heterocycles. The van der Waals surface area contributed by atoms with Gasteiger partial charge in [-0.2, -0.15) is 0 Å². The monoisotopic (exact) mass is 474 g/mol. The molecule has 1 aromatic heterocycles. The lowest BCUT2D eigenvalue weighted by Crippen LogP contribution is -2.44. The third kappa shape index (κ3) is 3.57. The minimum absolute atomic E-state index is 0.0486. The van der Waals surface area contributed by atoms with Gasteiger partial charge in [0.15, 0.2) is 6.17 Å². The van der Waals surface area contributed by atoms with Crippen molar-refractivity contribution < 1.29 is 13.2 Å². The first-order valence-corrected chi connectivity index (χ1v) is 9.56. The Balaban J connectivity index is 1.97. The molecule has 1 fully saturated rings. The van der Waals surface area contributed by atoms with Gasteiger partial charge in [-0.15, -0.1) is 22.9 Å². The van der Waals surface area contributed by atoms with Gasteiger partial charge in [-0.05, 0) is 41.6 Å². The maximum Gasteiger partial charge on any atom is 0.273 e. The van der Waals surface area contributed by atoms with Gasteiger partial charge in [0.2, 0.25) is 0 Å². The quantitative estimate of drug-likeness (QED) is 0.472. The van der Waals surface area contributed by atoms with Gasteiger partial charge < -0.3 is 10.6 Å². The molecule has 2 aromatic rings. The molecule has 23 heavy (non-hydrogen) atoms. The summed E-state index contributed by atoms with van der Waals surface area (Å²) in [5.41, 5.74) is 0.924. The van der Waals surface area contributed by atoms with E-state index < -0.39 is 12.6 Å². The summed E-state index contributed by atoms with van der Waals surface area (Å²) in [7, 11) is 0. The van der Waals surface area contributed by atoms with Crippen LogP contribution in [0.3, 0.4) is 0 Å². The molecule has 126 valence electrons. The Bertz CT molecular complexity index is 697. The minimum Gasteiger partial charge on any atom is -0.380 e. The fourth-order valence-corrected chi connectivity index (χ4v) is 5.37. The molecule has 0 radical (unpaired) electrons. The Morgan fingerprint density at radius 1 is 1.35 bits per heavy atom. The van der Waals surface area contributed by atoms with E-state index >= 15 is 0 Å². The molecule has 3 atom stereocenters. The molecule has 1 aliphatic rings. The van der Waals surface area contributed by atoms with Crippen LogP contribution in [0.1, 0.15) is 18.2 Å². The lowest BCUT2D eigenvalue weighted by Gasteiger charge is -2.29. The summed E-state index contributed by atoms with van der Waals surface area (Å²) >= 11 is 9.60. The number of alkyl halides is 4. The van der Waals surface area contributed by atoms with E-state index in [0.717, 1.165) is 29.9 Å². The summed E-state index contributed by atoms with van der Waals surface area (Å²) in [5, 5.41) is 7.14. The van der Waals surface area contributed by atoms with E-state index in [1.54, 1.807) is 12.1 Å². The van der Waals surface area contributed by atoms with Crippen molar-refractivity contribution in [1.29, 1.82) is 0 Å². The summed E-state index contributed by atoms with van der Waals surface area (Å²) in [6.45, 7) is 1.60. The van der Waals surface area contributed by atoms with Crippen LogP contribution in [0.2, 0.25) is 0 Å². The molecule has 3 rings (SSSR count). The van der Waals surface area contributed by atoms with Crippen molar-refractivity contribution in [2.45, 2.75) is 30.4 Å². The number of halogens is 5. The van der Waals surface area contributed by atoms with Gasteiger partial charge in [0, 0.05) is 23.5 Å². The first kappa shape index (κ1) is 17.6. The van der Waals surface area contributed by atoms with Crippen LogP contribution >= 0.6 is 45.5 Å². The number of rotatable bonds is 4. The number of thiophene rings is 1. The third-order valence-corrected chi connectivity index (χ3v) is 6.70. The van der Waals surface area contributed by atoms with Gasteiger partial charge in [0.25, 0.3) is 6.43 Å². The molecule has 0 aliphatic carbocycles. The fourth-order valence-electron chi connectivity index (χ4n) is 2.79. The lowest BCUT2D eigenvalue weighted by molar-refractivity contribution is 0.0501. The molecular formula is C15H15ClF3IN2S. The number of nitrogens with one attached hydrogen (secondary N) is 2. The summed E-state index contributed by atoms with van der Waals surface area (Å²) in [6.07, 6.45) is -4.40. The number of hydrogen-bond acceptors (Lipinski definition) is 3. The number of benzene rings is 1. The zero-order valence-corrected chi connectivity index (χ0v) is 15.7. The van der Waals surface area contributed by atoms with Gasteiger partial charge in [-0.25, -0.2) is 13.2 Å². The average molecular weight is 475 g/mol. The SMILES string of the molecule is FC(F)C(F)c1c(I)sc2c(NC3CCNCC3Cl)cccc12. The molecule has 8 heteroatoms. The van der Waals surface area contributed by atoms with Crippen molar-refractivity contribution >= 4 is 61.3 Å². The van der Waals surface area contributed by atoms with E-state index in [0.29, 0.717) is 8.27 Å². The first-order chi connectivity index (χ1) is 11.0. The minimum atomic E-state index is -3.02. The first-order valence-electron chi connectivity index (χ1n) is 7.23. The summed E-state index contributed by atoms with van der Waals surface area (Å²) in [6, 6.07) is 5.45. The molecule has 3 unspecified atom stereocenters. The maximum absolute atomic E-state index is 13.9. The number of anilines is 1. The van der Waals surface area contributed by atoms with Crippen LogP contribution in [-0.2, 0) is 0 Å². The molecule has 0 saturated carbocycles. The van der Waals surface area contributed by atoms with Gasteiger partial charge in [0.1, 0.15) is 0 Å². The molecule has 2 N–H and O–H groups in total. The van der Waals surface area contributed by atoms with Crippen molar-refractivity contribution in [3.63, 3.8) is 0 Å². The Labute approximate surface area is 154 Å².